The van der Waals surface area contributed by atoms with Gasteiger partial charge in [0.2, 0.25) is 0 Å². The fraction of sp³-hybridized carbons (Fsp3) is 0.500. The van der Waals surface area contributed by atoms with E-state index in [4.69, 9.17) is 5.14 Å². The molecule has 1 aromatic rings. The molecule has 0 saturated carbocycles. The lowest BCUT2D eigenvalue weighted by atomic mass is 10.0. The van der Waals surface area contributed by atoms with E-state index in [1.165, 1.54) is 0 Å². The lowest BCUT2D eigenvalue weighted by Gasteiger charge is -2.15. The molecule has 0 saturated heterocycles. The van der Waals surface area contributed by atoms with Gasteiger partial charge in [-0.05, 0) is 23.8 Å². The SMILES string of the molecule is CC.CSc1ccccc1C(C)CNS(N)(=O)=O. The van der Waals surface area contributed by atoms with Crippen LogP contribution in [0.1, 0.15) is 32.3 Å². The van der Waals surface area contributed by atoms with E-state index < -0.39 is 10.2 Å². The molecule has 6 heteroatoms. The third-order valence-electron chi connectivity index (χ3n) is 2.26. The second kappa shape index (κ2) is 8.53. The van der Waals surface area contributed by atoms with Crippen LogP contribution in [0.25, 0.3) is 0 Å². The van der Waals surface area contributed by atoms with E-state index in [1.54, 1.807) is 11.8 Å². The van der Waals surface area contributed by atoms with Crippen LogP contribution in [0.15, 0.2) is 29.2 Å². The molecule has 1 rings (SSSR count). The third-order valence-corrected chi connectivity index (χ3v) is 3.64. The van der Waals surface area contributed by atoms with E-state index in [1.807, 2.05) is 51.3 Å². The molecule has 0 aliphatic rings. The van der Waals surface area contributed by atoms with Crippen molar-refractivity contribution in [2.45, 2.75) is 31.6 Å². The molecular weight excluding hydrogens is 268 g/mol. The molecule has 0 aliphatic heterocycles. The third kappa shape index (κ3) is 6.39. The molecule has 3 N–H and O–H groups in total. The lowest BCUT2D eigenvalue weighted by Crippen LogP contribution is -2.33. The van der Waals surface area contributed by atoms with Crippen molar-refractivity contribution in [3.8, 4) is 0 Å². The summed E-state index contributed by atoms with van der Waals surface area (Å²) >= 11 is 1.65. The predicted molar refractivity (Wildman–Crippen MR) is 79.1 cm³/mol. The van der Waals surface area contributed by atoms with Gasteiger partial charge in [-0.25, -0.2) is 9.86 Å². The summed E-state index contributed by atoms with van der Waals surface area (Å²) in [4.78, 5) is 1.16. The summed E-state index contributed by atoms with van der Waals surface area (Å²) in [7, 11) is -3.60. The van der Waals surface area contributed by atoms with Crippen molar-refractivity contribution in [2.24, 2.45) is 5.14 Å². The molecule has 0 spiro atoms. The van der Waals surface area contributed by atoms with Crippen molar-refractivity contribution >= 4 is 22.0 Å². The summed E-state index contributed by atoms with van der Waals surface area (Å²) in [5, 5.41) is 4.89. The quantitative estimate of drug-likeness (QED) is 0.818. The molecule has 0 aliphatic carbocycles. The first kappa shape index (κ1) is 17.4. The Hall–Kier alpha value is -0.560. The van der Waals surface area contributed by atoms with Crippen molar-refractivity contribution in [1.82, 2.24) is 4.72 Å². The molecule has 0 bridgehead atoms. The Morgan fingerprint density at radius 1 is 1.33 bits per heavy atom. The van der Waals surface area contributed by atoms with Crippen LogP contribution in [0.3, 0.4) is 0 Å². The average Bonchev–Trinajstić information content (AvgIpc) is 2.37. The second-order valence-corrected chi connectivity index (χ2v) is 5.76. The standard InChI is InChI=1S/C10H16N2O2S2.C2H6/c1-8(7-12-16(11,13)14)9-5-3-4-6-10(9)15-2;1-2/h3-6,8,12H,7H2,1-2H3,(H2,11,13,14);1-2H3. The summed E-state index contributed by atoms with van der Waals surface area (Å²) in [5.74, 6) is 0.0991. The molecule has 0 amide bonds. The summed E-state index contributed by atoms with van der Waals surface area (Å²) in [6, 6.07) is 7.94. The fourth-order valence-electron chi connectivity index (χ4n) is 1.42. The fourth-order valence-corrected chi connectivity index (χ4v) is 2.63. The summed E-state index contributed by atoms with van der Waals surface area (Å²) < 4.78 is 23.9. The number of thioether (sulfide) groups is 1. The van der Waals surface area contributed by atoms with Gasteiger partial charge >= 0.3 is 0 Å². The first-order valence-electron chi connectivity index (χ1n) is 5.84. The first-order chi connectivity index (χ1) is 8.44. The van der Waals surface area contributed by atoms with E-state index in [0.717, 1.165) is 10.5 Å². The largest absolute Gasteiger partial charge is 0.274 e. The number of nitrogens with two attached hydrogens (primary N) is 1. The van der Waals surface area contributed by atoms with E-state index in [9.17, 15) is 8.42 Å². The normalized spacial score (nSPS) is 12.5. The van der Waals surface area contributed by atoms with Crippen molar-refractivity contribution in [3.63, 3.8) is 0 Å². The zero-order chi connectivity index (χ0) is 14.2. The van der Waals surface area contributed by atoms with Crippen LogP contribution in [0, 0.1) is 0 Å². The van der Waals surface area contributed by atoms with Crippen LogP contribution in [0.4, 0.5) is 0 Å². The Kier molecular flexibility index (Phi) is 8.26. The van der Waals surface area contributed by atoms with Crippen molar-refractivity contribution in [3.05, 3.63) is 29.8 Å². The molecule has 0 radical (unpaired) electrons. The Bertz CT molecular complexity index is 447. The number of hydrogen-bond donors (Lipinski definition) is 2. The number of rotatable bonds is 5. The highest BCUT2D eigenvalue weighted by atomic mass is 32.2. The zero-order valence-corrected chi connectivity index (χ0v) is 12.9. The number of benzene rings is 1. The van der Waals surface area contributed by atoms with Gasteiger partial charge in [0.25, 0.3) is 10.2 Å². The van der Waals surface area contributed by atoms with Crippen LogP contribution in [-0.2, 0) is 10.2 Å². The number of hydrogen-bond acceptors (Lipinski definition) is 3. The van der Waals surface area contributed by atoms with Crippen LogP contribution in [0.2, 0.25) is 0 Å². The van der Waals surface area contributed by atoms with Crippen LogP contribution in [-0.4, -0.2) is 21.2 Å². The van der Waals surface area contributed by atoms with Gasteiger partial charge in [-0.1, -0.05) is 39.0 Å². The summed E-state index contributed by atoms with van der Waals surface area (Å²) in [5.41, 5.74) is 1.13. The molecule has 18 heavy (non-hydrogen) atoms. The first-order valence-corrected chi connectivity index (χ1v) is 8.61. The van der Waals surface area contributed by atoms with Gasteiger partial charge in [-0.3, -0.25) is 0 Å². The predicted octanol–water partition coefficient (Wildman–Crippen LogP) is 2.33. The van der Waals surface area contributed by atoms with Crippen molar-refractivity contribution < 1.29 is 8.42 Å². The second-order valence-electron chi connectivity index (χ2n) is 3.54. The molecule has 0 fully saturated rings. The van der Waals surface area contributed by atoms with Crippen molar-refractivity contribution in [2.75, 3.05) is 12.8 Å². The van der Waals surface area contributed by atoms with E-state index in [0.29, 0.717) is 6.54 Å². The highest BCUT2D eigenvalue weighted by molar-refractivity contribution is 7.98. The molecule has 1 aromatic carbocycles. The van der Waals surface area contributed by atoms with E-state index in [-0.39, 0.29) is 5.92 Å². The van der Waals surface area contributed by atoms with Crippen LogP contribution in [0.5, 0.6) is 0 Å². The molecular formula is C12H22N2O2S2. The summed E-state index contributed by atoms with van der Waals surface area (Å²) in [6.45, 7) is 6.28. The van der Waals surface area contributed by atoms with Gasteiger partial charge in [0, 0.05) is 11.4 Å². The zero-order valence-electron chi connectivity index (χ0n) is 11.3. The minimum atomic E-state index is -3.60. The van der Waals surface area contributed by atoms with Gasteiger partial charge in [-0.15, -0.1) is 11.8 Å². The van der Waals surface area contributed by atoms with Crippen LogP contribution < -0.4 is 9.86 Å². The molecule has 0 heterocycles. The monoisotopic (exact) mass is 290 g/mol. The minimum Gasteiger partial charge on any atom is -0.216 e. The lowest BCUT2D eigenvalue weighted by molar-refractivity contribution is 0.576. The Morgan fingerprint density at radius 2 is 1.89 bits per heavy atom. The van der Waals surface area contributed by atoms with Gasteiger partial charge in [0.05, 0.1) is 0 Å². The van der Waals surface area contributed by atoms with E-state index in [2.05, 4.69) is 4.72 Å². The Morgan fingerprint density at radius 3 is 2.39 bits per heavy atom. The van der Waals surface area contributed by atoms with E-state index >= 15 is 0 Å². The highest BCUT2D eigenvalue weighted by Crippen LogP contribution is 2.26. The van der Waals surface area contributed by atoms with Gasteiger partial charge < -0.3 is 0 Å². The Balaban J connectivity index is 0.00000137. The van der Waals surface area contributed by atoms with Crippen LogP contribution >= 0.6 is 11.8 Å². The molecule has 1 unspecified atom stereocenters. The topological polar surface area (TPSA) is 72.2 Å². The Labute approximate surface area is 115 Å². The van der Waals surface area contributed by atoms with Gasteiger partial charge in [0.1, 0.15) is 0 Å². The van der Waals surface area contributed by atoms with Gasteiger partial charge in [-0.2, -0.15) is 8.42 Å². The smallest absolute Gasteiger partial charge is 0.216 e. The minimum absolute atomic E-state index is 0.0991. The average molecular weight is 290 g/mol. The maximum absolute atomic E-state index is 10.8. The molecule has 4 nitrogen and oxygen atoms in total. The van der Waals surface area contributed by atoms with Gasteiger partial charge in [0.15, 0.2) is 0 Å². The summed E-state index contributed by atoms with van der Waals surface area (Å²) in [6.07, 6.45) is 2.00. The number of nitrogens with one attached hydrogen (secondary N) is 1. The molecule has 104 valence electrons. The maximum Gasteiger partial charge on any atom is 0.274 e. The van der Waals surface area contributed by atoms with Crippen molar-refractivity contribution in [1.29, 1.82) is 0 Å². The molecule has 1 atom stereocenters. The highest BCUT2D eigenvalue weighted by Gasteiger charge is 2.11. The maximum atomic E-state index is 10.8. The molecule has 0 aromatic heterocycles.